The molecule has 1 saturated heterocycles. The molecule has 1 aromatic carbocycles. The molecule has 3 N–H and O–H groups in total. The van der Waals surface area contributed by atoms with Gasteiger partial charge in [-0.1, -0.05) is 18.2 Å². The van der Waals surface area contributed by atoms with E-state index in [4.69, 9.17) is 4.99 Å². The van der Waals surface area contributed by atoms with Crippen LogP contribution < -0.4 is 16.0 Å². The Morgan fingerprint density at radius 1 is 1.20 bits per heavy atom. The average Bonchev–Trinajstić information content (AvgIpc) is 2.72. The number of guanidine groups is 1. The number of benzene rings is 1. The van der Waals surface area contributed by atoms with E-state index in [9.17, 15) is 9.59 Å². The molecule has 3 rings (SSSR count). The van der Waals surface area contributed by atoms with Gasteiger partial charge in [0.05, 0.1) is 6.54 Å². The Bertz CT molecular complexity index is 749. The first-order valence-corrected chi connectivity index (χ1v) is 10.5. The van der Waals surface area contributed by atoms with E-state index in [2.05, 4.69) is 26.9 Å². The van der Waals surface area contributed by atoms with Gasteiger partial charge in [0.2, 0.25) is 11.8 Å². The summed E-state index contributed by atoms with van der Waals surface area (Å²) < 4.78 is 0. The van der Waals surface area contributed by atoms with Crippen molar-refractivity contribution in [2.24, 2.45) is 4.99 Å². The highest BCUT2D eigenvalue weighted by atomic mass is 127. The second-order valence-electron chi connectivity index (χ2n) is 7.53. The molecule has 8 nitrogen and oxygen atoms in total. The van der Waals surface area contributed by atoms with Crippen LogP contribution in [0.2, 0.25) is 0 Å². The highest BCUT2D eigenvalue weighted by molar-refractivity contribution is 14.0. The van der Waals surface area contributed by atoms with E-state index < -0.39 is 0 Å². The monoisotopic (exact) mass is 528 g/mol. The van der Waals surface area contributed by atoms with Crippen molar-refractivity contribution in [1.29, 1.82) is 0 Å². The fourth-order valence-corrected chi connectivity index (χ4v) is 3.83. The van der Waals surface area contributed by atoms with E-state index in [-0.39, 0.29) is 41.7 Å². The Balaban J connectivity index is 0.00000320. The fraction of sp³-hybridized carbons (Fsp3) is 0.571. The lowest BCUT2D eigenvalue weighted by atomic mass is 9.91. The molecule has 2 aliphatic heterocycles. The third-order valence-electron chi connectivity index (χ3n) is 5.46. The number of carbonyl (C=O) groups excluding carboxylic acids is 2. The van der Waals surface area contributed by atoms with Crippen molar-refractivity contribution in [1.82, 2.24) is 20.4 Å². The molecule has 0 radical (unpaired) electrons. The van der Waals surface area contributed by atoms with Crippen LogP contribution in [-0.4, -0.2) is 79.9 Å². The van der Waals surface area contributed by atoms with Crippen LogP contribution in [0.25, 0.3) is 0 Å². The minimum absolute atomic E-state index is 0. The van der Waals surface area contributed by atoms with Gasteiger partial charge < -0.3 is 20.9 Å². The second-order valence-corrected chi connectivity index (χ2v) is 7.53. The molecule has 0 aromatic heterocycles. The second kappa shape index (κ2) is 12.1. The van der Waals surface area contributed by atoms with Gasteiger partial charge >= 0.3 is 0 Å². The molecule has 1 fully saturated rings. The molecule has 1 aromatic rings. The van der Waals surface area contributed by atoms with Crippen LogP contribution in [0, 0.1) is 0 Å². The number of hydrogen-bond donors (Lipinski definition) is 3. The summed E-state index contributed by atoms with van der Waals surface area (Å²) >= 11 is 0. The number of nitrogens with one attached hydrogen (secondary N) is 3. The minimum atomic E-state index is 0. The number of nitrogens with zero attached hydrogens (tertiary/aromatic N) is 3. The van der Waals surface area contributed by atoms with E-state index in [1.165, 1.54) is 0 Å². The molecule has 2 aliphatic rings. The summed E-state index contributed by atoms with van der Waals surface area (Å²) in [6.07, 6.45) is 0.459. The maximum Gasteiger partial charge on any atom is 0.225 e. The summed E-state index contributed by atoms with van der Waals surface area (Å²) in [7, 11) is 0. The Hall–Kier alpha value is -1.88. The SMILES string of the molecule is CCNC(=NCC1CC(=O)Nc2ccccc21)NCCN1CCN(C(C)=O)CC1.I. The van der Waals surface area contributed by atoms with E-state index in [1.54, 1.807) is 6.92 Å². The van der Waals surface area contributed by atoms with Crippen LogP contribution in [0.1, 0.15) is 31.7 Å². The minimum Gasteiger partial charge on any atom is -0.357 e. The van der Waals surface area contributed by atoms with Crippen molar-refractivity contribution in [3.8, 4) is 0 Å². The lowest BCUT2D eigenvalue weighted by Crippen LogP contribution is -2.50. The average molecular weight is 528 g/mol. The number of para-hydroxylation sites is 1. The van der Waals surface area contributed by atoms with Crippen LogP contribution in [0.15, 0.2) is 29.3 Å². The smallest absolute Gasteiger partial charge is 0.225 e. The highest BCUT2D eigenvalue weighted by Gasteiger charge is 2.24. The number of aliphatic imine (C=N–C) groups is 1. The predicted molar refractivity (Wildman–Crippen MR) is 131 cm³/mol. The molecular formula is C21H33IN6O2. The van der Waals surface area contributed by atoms with Crippen LogP contribution in [-0.2, 0) is 9.59 Å². The molecule has 0 aliphatic carbocycles. The number of halogens is 1. The lowest BCUT2D eigenvalue weighted by Gasteiger charge is -2.34. The van der Waals surface area contributed by atoms with Gasteiger partial charge in [0.15, 0.2) is 5.96 Å². The number of carbonyl (C=O) groups is 2. The van der Waals surface area contributed by atoms with Crippen molar-refractivity contribution in [2.45, 2.75) is 26.2 Å². The molecule has 0 bridgehead atoms. The van der Waals surface area contributed by atoms with Crippen LogP contribution in [0.5, 0.6) is 0 Å². The number of piperazine rings is 1. The first-order valence-electron chi connectivity index (χ1n) is 10.5. The van der Waals surface area contributed by atoms with Crippen molar-refractivity contribution in [3.05, 3.63) is 29.8 Å². The predicted octanol–water partition coefficient (Wildman–Crippen LogP) is 1.45. The maximum absolute atomic E-state index is 12.0. The van der Waals surface area contributed by atoms with Crippen LogP contribution >= 0.6 is 24.0 Å². The third-order valence-corrected chi connectivity index (χ3v) is 5.46. The Morgan fingerprint density at radius 3 is 2.63 bits per heavy atom. The fourth-order valence-electron chi connectivity index (χ4n) is 3.83. The highest BCUT2D eigenvalue weighted by Crippen LogP contribution is 2.31. The van der Waals surface area contributed by atoms with Crippen molar-refractivity contribution in [3.63, 3.8) is 0 Å². The van der Waals surface area contributed by atoms with Gasteiger partial charge in [-0.15, -0.1) is 24.0 Å². The lowest BCUT2D eigenvalue weighted by molar-refractivity contribution is -0.130. The number of rotatable bonds is 6. The van der Waals surface area contributed by atoms with Gasteiger partial charge in [0, 0.05) is 70.8 Å². The van der Waals surface area contributed by atoms with Gasteiger partial charge in [-0.05, 0) is 18.6 Å². The molecule has 166 valence electrons. The Morgan fingerprint density at radius 2 is 1.93 bits per heavy atom. The van der Waals surface area contributed by atoms with E-state index in [1.807, 2.05) is 30.0 Å². The standard InChI is InChI=1S/C21H32N6O2.HI/c1-3-22-21(23-8-9-26-10-12-27(13-11-26)16(2)28)24-15-17-14-20(29)25-19-7-5-4-6-18(17)19;/h4-7,17H,3,8-15H2,1-2H3,(H,25,29)(H2,22,23,24);1H. The zero-order chi connectivity index (χ0) is 20.6. The van der Waals surface area contributed by atoms with Gasteiger partial charge in [0.25, 0.3) is 0 Å². The van der Waals surface area contributed by atoms with Crippen molar-refractivity contribution >= 4 is 47.4 Å². The quantitative estimate of drug-likeness (QED) is 0.296. The summed E-state index contributed by atoms with van der Waals surface area (Å²) in [4.78, 5) is 32.4. The van der Waals surface area contributed by atoms with E-state index >= 15 is 0 Å². The van der Waals surface area contributed by atoms with Gasteiger partial charge in [-0.2, -0.15) is 0 Å². The Kier molecular flexibility index (Phi) is 9.83. The van der Waals surface area contributed by atoms with Gasteiger partial charge in [-0.3, -0.25) is 19.5 Å². The zero-order valence-corrected chi connectivity index (χ0v) is 20.1. The van der Waals surface area contributed by atoms with E-state index in [0.717, 1.165) is 63.0 Å². The van der Waals surface area contributed by atoms with Gasteiger partial charge in [-0.25, -0.2) is 0 Å². The maximum atomic E-state index is 12.0. The van der Waals surface area contributed by atoms with Gasteiger partial charge in [0.1, 0.15) is 0 Å². The molecular weight excluding hydrogens is 495 g/mol. The summed E-state index contributed by atoms with van der Waals surface area (Å²) in [6.45, 7) is 10.1. The molecule has 30 heavy (non-hydrogen) atoms. The van der Waals surface area contributed by atoms with Crippen LogP contribution in [0.4, 0.5) is 5.69 Å². The number of fused-ring (bicyclic) bond motifs is 1. The normalized spacial score (nSPS) is 19.4. The molecule has 2 heterocycles. The molecule has 1 atom stereocenters. The number of anilines is 1. The largest absolute Gasteiger partial charge is 0.357 e. The summed E-state index contributed by atoms with van der Waals surface area (Å²) in [5, 5.41) is 9.61. The van der Waals surface area contributed by atoms with Crippen molar-refractivity contribution in [2.75, 3.05) is 57.7 Å². The molecule has 0 spiro atoms. The first kappa shape index (κ1) is 24.4. The topological polar surface area (TPSA) is 89.1 Å². The first-order chi connectivity index (χ1) is 14.1. The molecule has 9 heteroatoms. The molecule has 1 unspecified atom stereocenters. The molecule has 0 saturated carbocycles. The summed E-state index contributed by atoms with van der Waals surface area (Å²) in [5.74, 6) is 1.07. The van der Waals surface area contributed by atoms with Crippen LogP contribution in [0.3, 0.4) is 0 Å². The number of hydrogen-bond acceptors (Lipinski definition) is 4. The summed E-state index contributed by atoms with van der Waals surface area (Å²) in [5.41, 5.74) is 2.04. The van der Waals surface area contributed by atoms with E-state index in [0.29, 0.717) is 13.0 Å². The summed E-state index contributed by atoms with van der Waals surface area (Å²) in [6, 6.07) is 7.95. The Labute approximate surface area is 195 Å². The number of amides is 2. The third kappa shape index (κ3) is 6.83. The zero-order valence-electron chi connectivity index (χ0n) is 17.8. The molecule has 2 amide bonds. The van der Waals surface area contributed by atoms with Crippen molar-refractivity contribution < 1.29 is 9.59 Å².